The van der Waals surface area contributed by atoms with Crippen LogP contribution in [0, 0.1) is 6.92 Å². The lowest BCUT2D eigenvalue weighted by Gasteiger charge is -1.73. The molecule has 0 radical (unpaired) electrons. The van der Waals surface area contributed by atoms with Crippen molar-refractivity contribution < 1.29 is 0 Å². The molecule has 38 valence electrons. The van der Waals surface area contributed by atoms with Crippen LogP contribution in [0.5, 0.6) is 0 Å². The van der Waals surface area contributed by atoms with Gasteiger partial charge in [0.05, 0.1) is 11.9 Å². The van der Waals surface area contributed by atoms with Gasteiger partial charge in [0.2, 0.25) is 0 Å². The third kappa shape index (κ3) is 0.928. The van der Waals surface area contributed by atoms with E-state index in [1.807, 2.05) is 6.92 Å². The number of hydrogen-bond acceptors (Lipinski definition) is 3. The topological polar surface area (TPSA) is 30.7 Å². The second-order valence-electron chi connectivity index (χ2n) is 1.28. The summed E-state index contributed by atoms with van der Waals surface area (Å²) in [7, 11) is 0. The van der Waals surface area contributed by atoms with Gasteiger partial charge in [-0.2, -0.15) is 4.09 Å². The van der Waals surface area contributed by atoms with Gasteiger partial charge in [-0.25, -0.2) is 0 Å². The molecule has 3 nitrogen and oxygen atoms in total. The molecule has 1 rings (SSSR count). The molecule has 0 fully saturated rings. The van der Waals surface area contributed by atoms with E-state index in [-0.39, 0.29) is 0 Å². The maximum absolute atomic E-state index is 3.85. The Morgan fingerprint density at radius 3 is 2.71 bits per heavy atom. The highest BCUT2D eigenvalue weighted by molar-refractivity contribution is 7.78. The van der Waals surface area contributed by atoms with Crippen LogP contribution < -0.4 is 0 Å². The molecule has 0 N–H and O–H groups in total. The maximum atomic E-state index is 3.85. The molecule has 0 saturated heterocycles. The van der Waals surface area contributed by atoms with Crippen molar-refractivity contribution in [3.8, 4) is 0 Å². The molecule has 0 saturated carbocycles. The SMILES string of the molecule is Cc1cn(S)nn1. The van der Waals surface area contributed by atoms with Crippen LogP contribution in [0.4, 0.5) is 0 Å². The number of nitrogens with zero attached hydrogens (tertiary/aromatic N) is 3. The van der Waals surface area contributed by atoms with E-state index in [0.29, 0.717) is 0 Å². The molecule has 0 bridgehead atoms. The third-order valence-electron chi connectivity index (χ3n) is 0.596. The third-order valence-corrected chi connectivity index (χ3v) is 0.792. The van der Waals surface area contributed by atoms with Crippen molar-refractivity contribution in [2.24, 2.45) is 0 Å². The van der Waals surface area contributed by atoms with Crippen LogP contribution in [0.25, 0.3) is 0 Å². The van der Waals surface area contributed by atoms with Crippen LogP contribution in [0.2, 0.25) is 0 Å². The molecular formula is C3H5N3S. The molecule has 0 unspecified atom stereocenters. The Morgan fingerprint density at radius 2 is 2.57 bits per heavy atom. The lowest BCUT2D eigenvalue weighted by Crippen LogP contribution is -1.77. The highest BCUT2D eigenvalue weighted by Gasteiger charge is 1.84. The monoisotopic (exact) mass is 115 g/mol. The lowest BCUT2D eigenvalue weighted by molar-refractivity contribution is 0.889. The minimum absolute atomic E-state index is 0.884. The molecule has 0 amide bonds. The van der Waals surface area contributed by atoms with Crippen molar-refractivity contribution >= 4 is 12.8 Å². The summed E-state index contributed by atoms with van der Waals surface area (Å²) < 4.78 is 1.37. The minimum Gasteiger partial charge on any atom is -0.197 e. The zero-order chi connectivity index (χ0) is 5.28. The van der Waals surface area contributed by atoms with Gasteiger partial charge >= 0.3 is 0 Å². The summed E-state index contributed by atoms with van der Waals surface area (Å²) in [6.07, 6.45) is 1.73. The second-order valence-corrected chi connectivity index (χ2v) is 1.69. The highest BCUT2D eigenvalue weighted by Crippen LogP contribution is 1.87. The molecule has 4 heteroatoms. The number of hydrogen-bond donors (Lipinski definition) is 1. The van der Waals surface area contributed by atoms with Gasteiger partial charge in [-0.15, -0.1) is 5.10 Å². The average molecular weight is 115 g/mol. The van der Waals surface area contributed by atoms with E-state index >= 15 is 0 Å². The number of thiol groups is 1. The van der Waals surface area contributed by atoms with E-state index in [9.17, 15) is 0 Å². The van der Waals surface area contributed by atoms with Crippen LogP contribution in [0.15, 0.2) is 6.20 Å². The summed E-state index contributed by atoms with van der Waals surface area (Å²) in [5.74, 6) is 0. The van der Waals surface area contributed by atoms with E-state index in [1.54, 1.807) is 6.20 Å². The largest absolute Gasteiger partial charge is 0.197 e. The quantitative estimate of drug-likeness (QED) is 0.492. The minimum atomic E-state index is 0.884. The van der Waals surface area contributed by atoms with Crippen LogP contribution in [0.3, 0.4) is 0 Å². The summed E-state index contributed by atoms with van der Waals surface area (Å²) in [6.45, 7) is 1.86. The van der Waals surface area contributed by atoms with Gasteiger partial charge in [-0.1, -0.05) is 5.21 Å². The van der Waals surface area contributed by atoms with Gasteiger partial charge in [0.25, 0.3) is 0 Å². The first-order chi connectivity index (χ1) is 3.29. The Morgan fingerprint density at radius 1 is 1.86 bits per heavy atom. The summed E-state index contributed by atoms with van der Waals surface area (Å²) in [5.41, 5.74) is 0.884. The smallest absolute Gasteiger partial charge is 0.0807 e. The van der Waals surface area contributed by atoms with Gasteiger partial charge in [0, 0.05) is 0 Å². The van der Waals surface area contributed by atoms with Gasteiger partial charge in [0.15, 0.2) is 0 Å². The van der Waals surface area contributed by atoms with Crippen molar-refractivity contribution in [2.45, 2.75) is 6.92 Å². The van der Waals surface area contributed by atoms with E-state index in [2.05, 4.69) is 23.1 Å². The average Bonchev–Trinajstić information content (AvgIpc) is 1.87. The van der Waals surface area contributed by atoms with E-state index in [0.717, 1.165) is 5.69 Å². The fourth-order valence-electron chi connectivity index (χ4n) is 0.335. The lowest BCUT2D eigenvalue weighted by atomic mass is 10.6. The van der Waals surface area contributed by atoms with Gasteiger partial charge in [-0.05, 0) is 19.7 Å². The van der Waals surface area contributed by atoms with Crippen LogP contribution in [0.1, 0.15) is 5.69 Å². The van der Waals surface area contributed by atoms with Crippen molar-refractivity contribution in [1.29, 1.82) is 0 Å². The molecule has 0 atom stereocenters. The molecule has 1 aromatic rings. The fraction of sp³-hybridized carbons (Fsp3) is 0.333. The predicted octanol–water partition coefficient (Wildman–Crippen LogP) is 0.279. The van der Waals surface area contributed by atoms with E-state index < -0.39 is 0 Å². The first kappa shape index (κ1) is 4.64. The van der Waals surface area contributed by atoms with Crippen molar-refractivity contribution in [3.63, 3.8) is 0 Å². The number of rotatable bonds is 0. The van der Waals surface area contributed by atoms with Crippen LogP contribution in [-0.2, 0) is 0 Å². The van der Waals surface area contributed by atoms with Crippen molar-refractivity contribution in [1.82, 2.24) is 14.4 Å². The Hall–Kier alpha value is -0.510. The molecule has 0 spiro atoms. The standard InChI is InChI=1S/C3H5N3S/c1-3-2-6(7)5-4-3/h2,7H,1H3. The number of aromatic nitrogens is 3. The molecular weight excluding hydrogens is 110 g/mol. The number of aryl methyl sites for hydroxylation is 1. The summed E-state index contributed by atoms with van der Waals surface area (Å²) in [6, 6.07) is 0. The molecule has 0 aliphatic rings. The van der Waals surface area contributed by atoms with Gasteiger partial charge in [0.1, 0.15) is 0 Å². The normalized spacial score (nSPS) is 9.43. The molecule has 0 aliphatic heterocycles. The Balaban J connectivity index is 3.04. The van der Waals surface area contributed by atoms with Gasteiger partial charge < -0.3 is 0 Å². The summed E-state index contributed by atoms with van der Waals surface area (Å²) in [4.78, 5) is 0. The van der Waals surface area contributed by atoms with E-state index in [4.69, 9.17) is 0 Å². The summed E-state index contributed by atoms with van der Waals surface area (Å²) >= 11 is 3.85. The Kier molecular flexibility index (Phi) is 1.02. The molecule has 1 heterocycles. The van der Waals surface area contributed by atoms with E-state index in [1.165, 1.54) is 4.09 Å². The maximum Gasteiger partial charge on any atom is 0.0807 e. The Bertz CT molecular complexity index is 142. The molecule has 1 aromatic heterocycles. The van der Waals surface area contributed by atoms with Crippen molar-refractivity contribution in [2.75, 3.05) is 0 Å². The van der Waals surface area contributed by atoms with Crippen LogP contribution >= 0.6 is 12.8 Å². The van der Waals surface area contributed by atoms with Crippen molar-refractivity contribution in [3.05, 3.63) is 11.9 Å². The van der Waals surface area contributed by atoms with Crippen LogP contribution in [-0.4, -0.2) is 14.4 Å². The Labute approximate surface area is 46.9 Å². The zero-order valence-corrected chi connectivity index (χ0v) is 4.76. The molecule has 0 aromatic carbocycles. The molecule has 0 aliphatic carbocycles. The first-order valence-electron chi connectivity index (χ1n) is 1.87. The predicted molar refractivity (Wildman–Crippen MR) is 29.1 cm³/mol. The first-order valence-corrected chi connectivity index (χ1v) is 2.27. The summed E-state index contributed by atoms with van der Waals surface area (Å²) in [5, 5.41) is 7.20. The van der Waals surface area contributed by atoms with Gasteiger partial charge in [-0.3, -0.25) is 0 Å². The second kappa shape index (κ2) is 1.54. The highest BCUT2D eigenvalue weighted by atomic mass is 32.1. The molecule has 7 heavy (non-hydrogen) atoms. The fourth-order valence-corrected chi connectivity index (χ4v) is 0.542. The zero-order valence-electron chi connectivity index (χ0n) is 3.87.